The van der Waals surface area contributed by atoms with Crippen LogP contribution in [-0.2, 0) is 20.8 Å². The van der Waals surface area contributed by atoms with Crippen molar-refractivity contribution in [2.75, 3.05) is 0 Å². The number of aliphatic carboxylic acids is 1. The van der Waals surface area contributed by atoms with E-state index in [9.17, 15) is 19.5 Å². The maximum atomic E-state index is 13.2. The number of carboxylic acids is 1. The predicted molar refractivity (Wildman–Crippen MR) is 137 cm³/mol. The Kier molecular flexibility index (Phi) is 8.66. The SMILES string of the molecule is CC(C)[C@H](S)C(=O)NC1(C(=O)N[C@@H](Cc2ccc(-c3ccc(Cl)cc3)cc2)C(=O)O)CCCC1. The normalized spacial score (nSPS) is 16.6. The third kappa shape index (κ3) is 6.33. The molecule has 1 aliphatic carbocycles. The van der Waals surface area contributed by atoms with Crippen molar-refractivity contribution < 1.29 is 19.5 Å². The number of carbonyl (C=O) groups excluding carboxylic acids is 2. The Morgan fingerprint density at radius 1 is 1.00 bits per heavy atom. The van der Waals surface area contributed by atoms with E-state index in [1.165, 1.54) is 0 Å². The third-order valence-electron chi connectivity index (χ3n) is 6.33. The van der Waals surface area contributed by atoms with Crippen LogP contribution in [0.1, 0.15) is 45.1 Å². The van der Waals surface area contributed by atoms with Crippen molar-refractivity contribution in [1.29, 1.82) is 0 Å². The first-order valence-electron chi connectivity index (χ1n) is 11.5. The van der Waals surface area contributed by atoms with E-state index in [1.54, 1.807) is 0 Å². The van der Waals surface area contributed by atoms with Gasteiger partial charge in [-0.15, -0.1) is 0 Å². The second-order valence-electron chi connectivity index (χ2n) is 9.24. The van der Waals surface area contributed by atoms with Crippen LogP contribution in [0, 0.1) is 5.92 Å². The molecular weight excluding hydrogens is 472 g/mol. The number of carboxylic acid groups (broad SMARTS) is 1. The quantitative estimate of drug-likeness (QED) is 0.379. The van der Waals surface area contributed by atoms with Gasteiger partial charge in [0.1, 0.15) is 11.6 Å². The van der Waals surface area contributed by atoms with Gasteiger partial charge in [0.25, 0.3) is 0 Å². The molecule has 34 heavy (non-hydrogen) atoms. The van der Waals surface area contributed by atoms with Crippen molar-refractivity contribution in [2.45, 2.75) is 62.8 Å². The number of rotatable bonds is 9. The highest BCUT2D eigenvalue weighted by Gasteiger charge is 2.44. The number of nitrogens with one attached hydrogen (secondary N) is 2. The highest BCUT2D eigenvalue weighted by molar-refractivity contribution is 7.81. The molecule has 1 saturated carbocycles. The van der Waals surface area contributed by atoms with E-state index >= 15 is 0 Å². The molecule has 0 saturated heterocycles. The summed E-state index contributed by atoms with van der Waals surface area (Å²) >= 11 is 10.3. The summed E-state index contributed by atoms with van der Waals surface area (Å²) in [6.45, 7) is 3.77. The van der Waals surface area contributed by atoms with E-state index in [-0.39, 0.29) is 18.2 Å². The number of halogens is 1. The second-order valence-corrected chi connectivity index (χ2v) is 10.2. The Morgan fingerprint density at radius 3 is 2.03 bits per heavy atom. The average Bonchev–Trinajstić information content (AvgIpc) is 3.28. The van der Waals surface area contributed by atoms with Crippen molar-refractivity contribution in [2.24, 2.45) is 5.92 Å². The molecule has 2 aromatic carbocycles. The van der Waals surface area contributed by atoms with Gasteiger partial charge in [-0.1, -0.05) is 74.7 Å². The molecule has 0 aromatic heterocycles. The molecule has 0 heterocycles. The van der Waals surface area contributed by atoms with Gasteiger partial charge < -0.3 is 15.7 Å². The zero-order valence-electron chi connectivity index (χ0n) is 19.4. The zero-order valence-corrected chi connectivity index (χ0v) is 21.0. The molecule has 2 aromatic rings. The lowest BCUT2D eigenvalue weighted by Crippen LogP contribution is -2.61. The molecular formula is C26H31ClN2O4S. The summed E-state index contributed by atoms with van der Waals surface area (Å²) in [6.07, 6.45) is 2.66. The van der Waals surface area contributed by atoms with E-state index < -0.39 is 28.7 Å². The molecule has 6 nitrogen and oxygen atoms in total. The fourth-order valence-electron chi connectivity index (χ4n) is 4.21. The Hall–Kier alpha value is -2.51. The van der Waals surface area contributed by atoms with Gasteiger partial charge in [-0.3, -0.25) is 9.59 Å². The molecule has 0 aliphatic heterocycles. The first kappa shape index (κ1) is 26.1. The lowest BCUT2D eigenvalue weighted by Gasteiger charge is -2.32. The minimum absolute atomic E-state index is 0.00691. The topological polar surface area (TPSA) is 95.5 Å². The van der Waals surface area contributed by atoms with Gasteiger partial charge >= 0.3 is 5.97 Å². The number of hydrogen-bond donors (Lipinski definition) is 4. The van der Waals surface area contributed by atoms with Gasteiger partial charge in [-0.2, -0.15) is 12.6 Å². The van der Waals surface area contributed by atoms with Gasteiger partial charge in [0, 0.05) is 11.4 Å². The van der Waals surface area contributed by atoms with E-state index in [0.29, 0.717) is 17.9 Å². The fraction of sp³-hybridized carbons (Fsp3) is 0.423. The largest absolute Gasteiger partial charge is 0.480 e. The summed E-state index contributed by atoms with van der Waals surface area (Å²) in [5.74, 6) is -1.87. The maximum absolute atomic E-state index is 13.2. The molecule has 2 amide bonds. The molecule has 1 aliphatic rings. The Labute approximate surface area is 210 Å². The summed E-state index contributed by atoms with van der Waals surface area (Å²) < 4.78 is 0. The summed E-state index contributed by atoms with van der Waals surface area (Å²) in [5, 5.41) is 15.5. The van der Waals surface area contributed by atoms with Gasteiger partial charge in [0.2, 0.25) is 11.8 Å². The number of carbonyl (C=O) groups is 3. The molecule has 8 heteroatoms. The van der Waals surface area contributed by atoms with Crippen molar-refractivity contribution in [1.82, 2.24) is 10.6 Å². The smallest absolute Gasteiger partial charge is 0.326 e. The fourth-order valence-corrected chi connectivity index (χ4v) is 4.40. The summed E-state index contributed by atoms with van der Waals surface area (Å²) in [4.78, 5) is 37.9. The van der Waals surface area contributed by atoms with E-state index in [4.69, 9.17) is 11.6 Å². The molecule has 2 atom stereocenters. The van der Waals surface area contributed by atoms with Crippen LogP contribution in [0.5, 0.6) is 0 Å². The molecule has 3 rings (SSSR count). The van der Waals surface area contributed by atoms with E-state index in [0.717, 1.165) is 29.5 Å². The van der Waals surface area contributed by atoms with Crippen LogP contribution in [0.2, 0.25) is 5.02 Å². The van der Waals surface area contributed by atoms with Crippen LogP contribution in [0.25, 0.3) is 11.1 Å². The summed E-state index contributed by atoms with van der Waals surface area (Å²) in [6, 6.07) is 13.9. The zero-order chi connectivity index (χ0) is 24.9. The molecule has 0 unspecified atom stereocenters. The van der Waals surface area contributed by atoms with E-state index in [1.807, 2.05) is 62.4 Å². The van der Waals surface area contributed by atoms with Crippen LogP contribution >= 0.6 is 24.2 Å². The standard InChI is InChI=1S/C26H31ClN2O4S/c1-16(2)22(34)23(30)29-26(13-3-4-14-26)25(33)28-21(24(31)32)15-17-5-7-18(8-6-17)19-9-11-20(27)12-10-19/h5-12,16,21-22,34H,3-4,13-15H2,1-2H3,(H,28,33)(H,29,30)(H,31,32)/t21-,22-/m0/s1. The number of amides is 2. The monoisotopic (exact) mass is 502 g/mol. The van der Waals surface area contributed by atoms with Crippen LogP contribution in [0.15, 0.2) is 48.5 Å². The summed E-state index contributed by atoms with van der Waals surface area (Å²) in [7, 11) is 0. The molecule has 3 N–H and O–H groups in total. The van der Waals surface area contributed by atoms with E-state index in [2.05, 4.69) is 23.3 Å². The number of benzene rings is 2. The van der Waals surface area contributed by atoms with Gasteiger partial charge in [-0.05, 0) is 47.6 Å². The first-order valence-corrected chi connectivity index (χ1v) is 12.4. The lowest BCUT2D eigenvalue weighted by atomic mass is 9.94. The Bertz CT molecular complexity index is 1020. The minimum Gasteiger partial charge on any atom is -0.480 e. The van der Waals surface area contributed by atoms with Crippen molar-refractivity contribution in [3.63, 3.8) is 0 Å². The van der Waals surface area contributed by atoms with Crippen LogP contribution in [-0.4, -0.2) is 39.7 Å². The van der Waals surface area contributed by atoms with Crippen LogP contribution in [0.3, 0.4) is 0 Å². The average molecular weight is 503 g/mol. The molecule has 0 bridgehead atoms. The van der Waals surface area contributed by atoms with Gasteiger partial charge in [0.05, 0.1) is 5.25 Å². The molecule has 1 fully saturated rings. The van der Waals surface area contributed by atoms with Gasteiger partial charge in [-0.25, -0.2) is 4.79 Å². The predicted octanol–water partition coefficient (Wildman–Crippen LogP) is 4.50. The highest BCUT2D eigenvalue weighted by atomic mass is 35.5. The third-order valence-corrected chi connectivity index (χ3v) is 7.41. The van der Waals surface area contributed by atoms with Crippen molar-refractivity contribution in [3.8, 4) is 11.1 Å². The number of thiol groups is 1. The van der Waals surface area contributed by atoms with Crippen LogP contribution in [0.4, 0.5) is 0 Å². The Morgan fingerprint density at radius 2 is 1.53 bits per heavy atom. The van der Waals surface area contributed by atoms with Gasteiger partial charge in [0.15, 0.2) is 0 Å². The van der Waals surface area contributed by atoms with Crippen molar-refractivity contribution in [3.05, 3.63) is 59.1 Å². The number of hydrogen-bond acceptors (Lipinski definition) is 4. The molecule has 0 spiro atoms. The Balaban J connectivity index is 1.71. The van der Waals surface area contributed by atoms with Crippen LogP contribution < -0.4 is 10.6 Å². The second kappa shape index (κ2) is 11.3. The molecule has 182 valence electrons. The van der Waals surface area contributed by atoms with Crippen molar-refractivity contribution >= 4 is 42.0 Å². The minimum atomic E-state index is -1.12. The first-order chi connectivity index (χ1) is 16.1. The maximum Gasteiger partial charge on any atom is 0.326 e. The summed E-state index contributed by atoms with van der Waals surface area (Å²) in [5.41, 5.74) is 1.67. The lowest BCUT2D eigenvalue weighted by molar-refractivity contribution is -0.143. The molecule has 0 radical (unpaired) electrons. The highest BCUT2D eigenvalue weighted by Crippen LogP contribution is 2.31.